The maximum atomic E-state index is 4.69. The Balaban J connectivity index is 1.73. The molecule has 1 aromatic rings. The molecule has 3 rings (SSSR count). The van der Waals surface area contributed by atoms with Gasteiger partial charge in [-0.3, -0.25) is 0 Å². The summed E-state index contributed by atoms with van der Waals surface area (Å²) in [5.74, 6) is 5.87. The fraction of sp³-hybridized carbons (Fsp3) is 0.765. The largest absolute Gasteiger partial charge is 0.373 e. The molecule has 4 heteroatoms. The Labute approximate surface area is 128 Å². The number of nitrogens with zero attached hydrogens (tertiary/aromatic N) is 2. The van der Waals surface area contributed by atoms with Gasteiger partial charge in [0, 0.05) is 25.1 Å². The van der Waals surface area contributed by atoms with Crippen molar-refractivity contribution < 1.29 is 0 Å². The molecule has 2 bridgehead atoms. The summed E-state index contributed by atoms with van der Waals surface area (Å²) in [6.07, 6.45) is 5.76. The van der Waals surface area contributed by atoms with Crippen molar-refractivity contribution in [2.75, 3.05) is 17.7 Å². The van der Waals surface area contributed by atoms with E-state index < -0.39 is 0 Å². The quantitative estimate of drug-likeness (QED) is 0.863. The lowest BCUT2D eigenvalue weighted by molar-refractivity contribution is 0.304. The fourth-order valence-electron chi connectivity index (χ4n) is 4.17. The summed E-state index contributed by atoms with van der Waals surface area (Å²) in [6, 6.07) is 2.52. The summed E-state index contributed by atoms with van der Waals surface area (Å²) in [5, 5.41) is 6.79. The van der Waals surface area contributed by atoms with Gasteiger partial charge in [-0.2, -0.15) is 0 Å². The van der Waals surface area contributed by atoms with Crippen molar-refractivity contribution in [3.05, 3.63) is 11.9 Å². The van der Waals surface area contributed by atoms with Gasteiger partial charge in [0.25, 0.3) is 0 Å². The van der Waals surface area contributed by atoms with Gasteiger partial charge < -0.3 is 10.6 Å². The summed E-state index contributed by atoms with van der Waals surface area (Å²) >= 11 is 0. The Hall–Kier alpha value is -1.32. The van der Waals surface area contributed by atoms with E-state index in [4.69, 9.17) is 4.98 Å². The lowest BCUT2D eigenvalue weighted by Crippen LogP contribution is -2.30. The van der Waals surface area contributed by atoms with Gasteiger partial charge in [0.2, 0.25) is 0 Å². The molecule has 21 heavy (non-hydrogen) atoms. The van der Waals surface area contributed by atoms with Crippen LogP contribution in [0, 0.1) is 17.8 Å². The second-order valence-electron chi connectivity index (χ2n) is 7.17. The van der Waals surface area contributed by atoms with Crippen molar-refractivity contribution in [2.45, 2.75) is 58.4 Å². The van der Waals surface area contributed by atoms with E-state index in [0.717, 1.165) is 35.2 Å². The maximum Gasteiger partial charge on any atom is 0.135 e. The van der Waals surface area contributed by atoms with Gasteiger partial charge in [-0.05, 0) is 43.9 Å². The lowest BCUT2D eigenvalue weighted by Gasteiger charge is -2.29. The Morgan fingerprint density at radius 2 is 1.86 bits per heavy atom. The van der Waals surface area contributed by atoms with Gasteiger partial charge in [0.15, 0.2) is 0 Å². The predicted octanol–water partition coefficient (Wildman–Crippen LogP) is 3.88. The molecule has 1 heterocycles. The van der Waals surface area contributed by atoms with Crippen LogP contribution in [0.15, 0.2) is 6.07 Å². The van der Waals surface area contributed by atoms with E-state index in [1.807, 2.05) is 13.1 Å². The maximum absolute atomic E-state index is 4.69. The molecule has 2 fully saturated rings. The second-order valence-corrected chi connectivity index (χ2v) is 7.17. The first-order chi connectivity index (χ1) is 10.1. The van der Waals surface area contributed by atoms with Crippen molar-refractivity contribution in [1.82, 2.24) is 9.97 Å². The number of anilines is 2. The predicted molar refractivity (Wildman–Crippen MR) is 87.7 cm³/mol. The molecule has 116 valence electrons. The first-order valence-corrected chi connectivity index (χ1v) is 8.40. The standard InChI is InChI=1S/C17H28N4/c1-10(2)17-20-15(18-4)9-16(21-17)19-11(3)14-8-12-5-6-13(14)7-12/h9-14H,5-8H2,1-4H3,(H2,18,19,20,21). The Kier molecular flexibility index (Phi) is 4.05. The van der Waals surface area contributed by atoms with Crippen LogP contribution < -0.4 is 10.6 Å². The highest BCUT2D eigenvalue weighted by Gasteiger charge is 2.41. The molecule has 2 aliphatic rings. The smallest absolute Gasteiger partial charge is 0.135 e. The van der Waals surface area contributed by atoms with Gasteiger partial charge in [0.05, 0.1) is 0 Å². The second kappa shape index (κ2) is 5.82. The number of hydrogen-bond donors (Lipinski definition) is 2. The number of nitrogens with one attached hydrogen (secondary N) is 2. The van der Waals surface area contributed by atoms with Crippen LogP contribution in [0.4, 0.5) is 11.6 Å². The average Bonchev–Trinajstić information content (AvgIpc) is 3.09. The molecule has 0 saturated heterocycles. The molecule has 4 nitrogen and oxygen atoms in total. The van der Waals surface area contributed by atoms with Crippen LogP contribution in [0.25, 0.3) is 0 Å². The molecule has 4 atom stereocenters. The van der Waals surface area contributed by atoms with E-state index in [1.54, 1.807) is 0 Å². The summed E-state index contributed by atoms with van der Waals surface area (Å²) in [5.41, 5.74) is 0. The minimum atomic E-state index is 0.344. The van der Waals surface area contributed by atoms with Gasteiger partial charge in [-0.1, -0.05) is 20.3 Å². The van der Waals surface area contributed by atoms with Crippen LogP contribution >= 0.6 is 0 Å². The van der Waals surface area contributed by atoms with E-state index in [0.29, 0.717) is 12.0 Å². The van der Waals surface area contributed by atoms with E-state index >= 15 is 0 Å². The van der Waals surface area contributed by atoms with Crippen molar-refractivity contribution >= 4 is 11.6 Å². The molecule has 0 spiro atoms. The number of fused-ring (bicyclic) bond motifs is 2. The molecular weight excluding hydrogens is 260 g/mol. The Bertz CT molecular complexity index is 500. The molecule has 0 radical (unpaired) electrons. The SMILES string of the molecule is CNc1cc(NC(C)C2CC3CCC2C3)nc(C(C)C)n1. The van der Waals surface area contributed by atoms with E-state index in [9.17, 15) is 0 Å². The van der Waals surface area contributed by atoms with Crippen LogP contribution in [0.5, 0.6) is 0 Å². The topological polar surface area (TPSA) is 49.8 Å². The molecule has 0 aliphatic heterocycles. The van der Waals surface area contributed by atoms with Crippen molar-refractivity contribution in [3.8, 4) is 0 Å². The van der Waals surface area contributed by atoms with Gasteiger partial charge in [0.1, 0.15) is 17.5 Å². The van der Waals surface area contributed by atoms with Gasteiger partial charge >= 0.3 is 0 Å². The molecular formula is C17H28N4. The lowest BCUT2D eigenvalue weighted by atomic mass is 9.84. The third-order valence-electron chi connectivity index (χ3n) is 5.33. The molecule has 2 aliphatic carbocycles. The zero-order valence-corrected chi connectivity index (χ0v) is 13.7. The Morgan fingerprint density at radius 1 is 1.10 bits per heavy atom. The minimum absolute atomic E-state index is 0.344. The Morgan fingerprint density at radius 3 is 2.43 bits per heavy atom. The molecule has 1 aromatic heterocycles. The number of rotatable bonds is 5. The van der Waals surface area contributed by atoms with Crippen LogP contribution in [0.1, 0.15) is 58.2 Å². The summed E-state index contributed by atoms with van der Waals surface area (Å²) in [7, 11) is 1.91. The zero-order chi connectivity index (χ0) is 15.0. The van der Waals surface area contributed by atoms with E-state index in [1.165, 1.54) is 25.7 Å². The van der Waals surface area contributed by atoms with Crippen molar-refractivity contribution in [3.63, 3.8) is 0 Å². The third-order valence-corrected chi connectivity index (χ3v) is 5.33. The molecule has 0 aromatic carbocycles. The summed E-state index contributed by atoms with van der Waals surface area (Å²) < 4.78 is 0. The molecule has 0 amide bonds. The average molecular weight is 288 g/mol. The van der Waals surface area contributed by atoms with E-state index in [-0.39, 0.29) is 0 Å². The highest BCUT2D eigenvalue weighted by atomic mass is 15.1. The van der Waals surface area contributed by atoms with E-state index in [2.05, 4.69) is 36.4 Å². The van der Waals surface area contributed by atoms with Crippen LogP contribution in [-0.2, 0) is 0 Å². The fourth-order valence-corrected chi connectivity index (χ4v) is 4.17. The number of hydrogen-bond acceptors (Lipinski definition) is 4. The van der Waals surface area contributed by atoms with Crippen LogP contribution in [0.2, 0.25) is 0 Å². The monoisotopic (exact) mass is 288 g/mol. The normalized spacial score (nSPS) is 28.9. The molecule has 2 saturated carbocycles. The van der Waals surface area contributed by atoms with Crippen LogP contribution in [-0.4, -0.2) is 23.1 Å². The minimum Gasteiger partial charge on any atom is -0.373 e. The molecule has 2 N–H and O–H groups in total. The van der Waals surface area contributed by atoms with Crippen LogP contribution in [0.3, 0.4) is 0 Å². The van der Waals surface area contributed by atoms with Crippen molar-refractivity contribution in [2.24, 2.45) is 17.8 Å². The molecule has 4 unspecified atom stereocenters. The van der Waals surface area contributed by atoms with Crippen molar-refractivity contribution in [1.29, 1.82) is 0 Å². The summed E-state index contributed by atoms with van der Waals surface area (Å²) in [6.45, 7) is 6.59. The summed E-state index contributed by atoms with van der Waals surface area (Å²) in [4.78, 5) is 9.22. The van der Waals surface area contributed by atoms with Gasteiger partial charge in [-0.25, -0.2) is 9.97 Å². The highest BCUT2D eigenvalue weighted by Crippen LogP contribution is 2.49. The number of aromatic nitrogens is 2. The first-order valence-electron chi connectivity index (χ1n) is 8.40. The first kappa shape index (κ1) is 14.6. The van der Waals surface area contributed by atoms with Gasteiger partial charge in [-0.15, -0.1) is 0 Å². The third kappa shape index (κ3) is 2.99. The highest BCUT2D eigenvalue weighted by molar-refractivity contribution is 5.48. The zero-order valence-electron chi connectivity index (χ0n) is 13.7.